The summed E-state index contributed by atoms with van der Waals surface area (Å²) in [4.78, 5) is 12.9. The van der Waals surface area contributed by atoms with Crippen molar-refractivity contribution in [1.29, 1.82) is 0 Å². The summed E-state index contributed by atoms with van der Waals surface area (Å²) in [6, 6.07) is 12.9. The van der Waals surface area contributed by atoms with Gasteiger partial charge in [-0.25, -0.2) is 16.8 Å². The molecule has 9 heteroatoms. The van der Waals surface area contributed by atoms with Gasteiger partial charge in [0.25, 0.3) is 0 Å². The normalized spacial score (nSPS) is 16.5. The second-order valence-corrected chi connectivity index (χ2v) is 11.2. The molecule has 1 saturated heterocycles. The van der Waals surface area contributed by atoms with Gasteiger partial charge in [-0.1, -0.05) is 29.8 Å². The summed E-state index contributed by atoms with van der Waals surface area (Å²) in [5.41, 5.74) is 1.23. The minimum absolute atomic E-state index is 0.0627. The van der Waals surface area contributed by atoms with Crippen molar-refractivity contribution in [1.82, 2.24) is 4.31 Å². The van der Waals surface area contributed by atoms with Gasteiger partial charge in [-0.2, -0.15) is 4.31 Å². The fourth-order valence-corrected chi connectivity index (χ4v) is 5.66. The number of carbonyl (C=O) groups excluding carboxylic acids is 1. The fourth-order valence-electron chi connectivity index (χ4n) is 3.35. The number of sulfonamides is 1. The lowest BCUT2D eigenvalue weighted by molar-refractivity contribution is -0.120. The summed E-state index contributed by atoms with van der Waals surface area (Å²) in [5, 5.41) is 2.69. The smallest absolute Gasteiger partial charge is 0.243 e. The van der Waals surface area contributed by atoms with Gasteiger partial charge in [-0.15, -0.1) is 0 Å². The van der Waals surface area contributed by atoms with E-state index >= 15 is 0 Å². The summed E-state index contributed by atoms with van der Waals surface area (Å²) in [5.74, 6) is -0.680. The molecular formula is C20H24N2O5S2. The lowest BCUT2D eigenvalue weighted by Gasteiger charge is -2.30. The third kappa shape index (κ3) is 4.85. The molecule has 1 fully saturated rings. The molecule has 1 N–H and O–H groups in total. The monoisotopic (exact) mass is 436 g/mol. The molecule has 2 aromatic rings. The predicted molar refractivity (Wildman–Crippen MR) is 111 cm³/mol. The van der Waals surface area contributed by atoms with Crippen molar-refractivity contribution in [3.05, 3.63) is 54.1 Å². The number of nitrogens with one attached hydrogen (secondary N) is 1. The van der Waals surface area contributed by atoms with Gasteiger partial charge in [0.1, 0.15) is 0 Å². The number of aryl methyl sites for hydroxylation is 1. The lowest BCUT2D eigenvalue weighted by atomic mass is 9.97. The molecule has 0 aliphatic carbocycles. The Hall–Kier alpha value is -2.23. The number of sulfone groups is 1. The number of piperidine rings is 1. The first kappa shape index (κ1) is 21.5. The van der Waals surface area contributed by atoms with E-state index < -0.39 is 19.9 Å². The zero-order chi connectivity index (χ0) is 21.2. The molecule has 1 aliphatic rings. The quantitative estimate of drug-likeness (QED) is 0.776. The highest BCUT2D eigenvalue weighted by Gasteiger charge is 2.32. The Labute approximate surface area is 171 Å². The molecule has 0 saturated carbocycles. The number of nitrogens with zero attached hydrogens (tertiary/aromatic N) is 1. The summed E-state index contributed by atoms with van der Waals surface area (Å²) >= 11 is 0. The average Bonchev–Trinajstić information content (AvgIpc) is 2.68. The van der Waals surface area contributed by atoms with Gasteiger partial charge in [0.2, 0.25) is 15.9 Å². The van der Waals surface area contributed by atoms with E-state index in [0.29, 0.717) is 12.8 Å². The van der Waals surface area contributed by atoms with Crippen LogP contribution in [0.3, 0.4) is 0 Å². The molecule has 3 rings (SSSR count). The summed E-state index contributed by atoms with van der Waals surface area (Å²) in [6.07, 6.45) is 1.84. The number of hydrogen-bond acceptors (Lipinski definition) is 5. The Morgan fingerprint density at radius 3 is 2.14 bits per heavy atom. The number of hydrogen-bond donors (Lipinski definition) is 1. The molecular weight excluding hydrogens is 412 g/mol. The average molecular weight is 437 g/mol. The Balaban J connectivity index is 1.67. The molecule has 7 nitrogen and oxygen atoms in total. The van der Waals surface area contributed by atoms with Crippen LogP contribution in [0.15, 0.2) is 58.3 Å². The van der Waals surface area contributed by atoms with E-state index in [9.17, 15) is 21.6 Å². The van der Waals surface area contributed by atoms with Crippen LogP contribution < -0.4 is 5.32 Å². The molecule has 0 atom stereocenters. The highest BCUT2D eigenvalue weighted by Crippen LogP contribution is 2.26. The number of amides is 1. The highest BCUT2D eigenvalue weighted by molar-refractivity contribution is 7.91. The second kappa shape index (κ2) is 8.25. The maximum Gasteiger partial charge on any atom is 0.243 e. The zero-order valence-corrected chi connectivity index (χ0v) is 18.0. The van der Waals surface area contributed by atoms with Crippen LogP contribution in [0.4, 0.5) is 5.69 Å². The standard InChI is InChI=1S/C20H24N2O5S2/c1-15-7-9-17(10-8-15)29(26,27)22-13-11-16(12-14-22)20(23)21-18-5-3-4-6-19(18)28(2,24)25/h3-10,16H,11-14H2,1-2H3,(H,21,23). The van der Waals surface area contributed by atoms with Crippen LogP contribution in [0.1, 0.15) is 18.4 Å². The number of para-hydroxylation sites is 1. The van der Waals surface area contributed by atoms with E-state index in [1.54, 1.807) is 42.5 Å². The molecule has 1 amide bonds. The van der Waals surface area contributed by atoms with Crippen LogP contribution in [-0.2, 0) is 24.7 Å². The predicted octanol–water partition coefficient (Wildman–Crippen LogP) is 2.44. The molecule has 0 radical (unpaired) electrons. The first-order valence-electron chi connectivity index (χ1n) is 9.26. The molecule has 156 valence electrons. The van der Waals surface area contributed by atoms with Crippen molar-refractivity contribution in [2.24, 2.45) is 5.92 Å². The molecule has 2 aromatic carbocycles. The van der Waals surface area contributed by atoms with Crippen LogP contribution in [0.2, 0.25) is 0 Å². The maximum atomic E-state index is 12.8. The first-order chi connectivity index (χ1) is 13.6. The van der Waals surface area contributed by atoms with Gasteiger partial charge in [0, 0.05) is 25.3 Å². The Morgan fingerprint density at radius 1 is 0.966 bits per heavy atom. The Bertz CT molecular complexity index is 1100. The van der Waals surface area contributed by atoms with E-state index in [4.69, 9.17) is 0 Å². The van der Waals surface area contributed by atoms with Gasteiger partial charge in [0.15, 0.2) is 9.84 Å². The molecule has 29 heavy (non-hydrogen) atoms. The fraction of sp³-hybridized carbons (Fsp3) is 0.350. The minimum Gasteiger partial charge on any atom is -0.325 e. The molecule has 0 aromatic heterocycles. The van der Waals surface area contributed by atoms with Crippen LogP contribution in [-0.4, -0.2) is 46.4 Å². The largest absolute Gasteiger partial charge is 0.325 e. The number of anilines is 1. The van der Waals surface area contributed by atoms with Crippen molar-refractivity contribution < 1.29 is 21.6 Å². The van der Waals surface area contributed by atoms with Gasteiger partial charge in [-0.05, 0) is 44.0 Å². The minimum atomic E-state index is -3.59. The number of benzene rings is 2. The lowest BCUT2D eigenvalue weighted by Crippen LogP contribution is -2.41. The van der Waals surface area contributed by atoms with Crippen molar-refractivity contribution >= 4 is 31.5 Å². The topological polar surface area (TPSA) is 101 Å². The maximum absolute atomic E-state index is 12.8. The molecule has 1 heterocycles. The third-order valence-electron chi connectivity index (χ3n) is 5.03. The third-order valence-corrected chi connectivity index (χ3v) is 8.10. The van der Waals surface area contributed by atoms with Gasteiger partial charge < -0.3 is 5.32 Å². The van der Waals surface area contributed by atoms with Crippen LogP contribution >= 0.6 is 0 Å². The summed E-state index contributed by atoms with van der Waals surface area (Å²) in [6.45, 7) is 2.37. The van der Waals surface area contributed by atoms with Gasteiger partial charge in [-0.3, -0.25) is 4.79 Å². The first-order valence-corrected chi connectivity index (χ1v) is 12.6. The SMILES string of the molecule is Cc1ccc(S(=O)(=O)N2CCC(C(=O)Nc3ccccc3S(C)(=O)=O)CC2)cc1. The number of rotatable bonds is 5. The Kier molecular flexibility index (Phi) is 6.11. The van der Waals surface area contributed by atoms with Crippen LogP contribution in [0.25, 0.3) is 0 Å². The van der Waals surface area contributed by atoms with Crippen LogP contribution in [0, 0.1) is 12.8 Å². The van der Waals surface area contributed by atoms with Crippen molar-refractivity contribution in [2.45, 2.75) is 29.6 Å². The van der Waals surface area contributed by atoms with Gasteiger partial charge >= 0.3 is 0 Å². The van der Waals surface area contributed by atoms with E-state index in [1.165, 1.54) is 10.4 Å². The molecule has 0 unspecified atom stereocenters. The summed E-state index contributed by atoms with van der Waals surface area (Å²) < 4.78 is 50.7. The van der Waals surface area contributed by atoms with Crippen molar-refractivity contribution in [2.75, 3.05) is 24.7 Å². The molecule has 0 spiro atoms. The van der Waals surface area contributed by atoms with E-state index in [-0.39, 0.29) is 40.4 Å². The van der Waals surface area contributed by atoms with Crippen LogP contribution in [0.5, 0.6) is 0 Å². The van der Waals surface area contributed by atoms with Crippen molar-refractivity contribution in [3.63, 3.8) is 0 Å². The van der Waals surface area contributed by atoms with E-state index in [0.717, 1.165) is 11.8 Å². The highest BCUT2D eigenvalue weighted by atomic mass is 32.2. The zero-order valence-electron chi connectivity index (χ0n) is 16.3. The van der Waals surface area contributed by atoms with E-state index in [1.807, 2.05) is 6.92 Å². The molecule has 1 aliphatic heterocycles. The van der Waals surface area contributed by atoms with Crippen molar-refractivity contribution in [3.8, 4) is 0 Å². The second-order valence-electron chi connectivity index (χ2n) is 7.25. The molecule has 0 bridgehead atoms. The van der Waals surface area contributed by atoms with Gasteiger partial charge in [0.05, 0.1) is 15.5 Å². The Morgan fingerprint density at radius 2 is 1.55 bits per heavy atom. The van der Waals surface area contributed by atoms with E-state index in [2.05, 4.69) is 5.32 Å². The number of carbonyl (C=O) groups is 1. The summed E-state index contributed by atoms with van der Waals surface area (Å²) in [7, 11) is -7.06.